The summed E-state index contributed by atoms with van der Waals surface area (Å²) in [6.45, 7) is 0.616. The molecule has 0 atom stereocenters. The molecule has 0 radical (unpaired) electrons. The van der Waals surface area contributed by atoms with E-state index in [1.807, 2.05) is 5.92 Å². The van der Waals surface area contributed by atoms with E-state index < -0.39 is 15.9 Å². The van der Waals surface area contributed by atoms with Crippen LogP contribution in [0.5, 0.6) is 11.5 Å². The average molecular weight is 496 g/mol. The Morgan fingerprint density at radius 3 is 2.77 bits per heavy atom. The lowest BCUT2D eigenvalue weighted by Gasteiger charge is -2.09. The minimum absolute atomic E-state index is 0.00292. The number of nitrogens with zero attached hydrogens (tertiary/aromatic N) is 3. The number of aromatic nitrogens is 3. The van der Waals surface area contributed by atoms with E-state index in [4.69, 9.17) is 20.4 Å². The number of hydrogen-bond donors (Lipinski definition) is 2. The van der Waals surface area contributed by atoms with Crippen molar-refractivity contribution in [3.8, 4) is 23.8 Å². The molecular formula is C23H21N5O6S. The molecule has 1 amide bonds. The van der Waals surface area contributed by atoms with Crippen molar-refractivity contribution >= 4 is 32.7 Å². The van der Waals surface area contributed by atoms with Gasteiger partial charge in [0, 0.05) is 24.4 Å². The quantitative estimate of drug-likeness (QED) is 0.337. The summed E-state index contributed by atoms with van der Waals surface area (Å²) in [7, 11) is -1.05. The van der Waals surface area contributed by atoms with E-state index in [9.17, 15) is 13.2 Å². The topological polar surface area (TPSA) is 138 Å². The SMILES string of the molecule is C#CC(=O)NCc1cnn(Cc2cc(OC)c3c(NS(=O)(=O)c4cccc(OC)c4)noc3c2)c1. The maximum Gasteiger partial charge on any atom is 0.295 e. The number of sulfonamides is 1. The summed E-state index contributed by atoms with van der Waals surface area (Å²) in [5, 5.41) is 11.1. The molecule has 4 aromatic rings. The monoisotopic (exact) mass is 495 g/mol. The standard InChI is InChI=1S/C23H21N5O6S/c1-4-21(29)24-11-16-12-25-28(14-16)13-15-8-19(33-3)22-20(9-15)34-26-23(22)27-35(30,31)18-7-5-6-17(10-18)32-2/h1,5-10,12,14H,11,13H2,2-3H3,(H,24,29)(H,26,27). The van der Waals surface area contributed by atoms with Crippen LogP contribution < -0.4 is 19.5 Å². The first-order chi connectivity index (χ1) is 16.8. The first-order valence-electron chi connectivity index (χ1n) is 10.2. The number of amides is 1. The number of nitrogens with one attached hydrogen (secondary N) is 2. The molecule has 0 fully saturated rings. The van der Waals surface area contributed by atoms with Crippen molar-refractivity contribution in [3.05, 3.63) is 59.9 Å². The van der Waals surface area contributed by atoms with E-state index >= 15 is 0 Å². The fourth-order valence-corrected chi connectivity index (χ4v) is 4.41. The highest BCUT2D eigenvalue weighted by molar-refractivity contribution is 7.92. The van der Waals surface area contributed by atoms with E-state index in [1.54, 1.807) is 41.3 Å². The minimum atomic E-state index is -3.97. The molecule has 0 aliphatic carbocycles. The van der Waals surface area contributed by atoms with Crippen LogP contribution in [0.15, 0.2) is 58.2 Å². The highest BCUT2D eigenvalue weighted by atomic mass is 32.2. The van der Waals surface area contributed by atoms with Crippen molar-refractivity contribution in [2.24, 2.45) is 0 Å². The molecule has 0 saturated carbocycles. The van der Waals surface area contributed by atoms with Crippen LogP contribution in [0.2, 0.25) is 0 Å². The van der Waals surface area contributed by atoms with E-state index in [2.05, 4.69) is 20.3 Å². The van der Waals surface area contributed by atoms with Crippen molar-refractivity contribution in [3.63, 3.8) is 0 Å². The zero-order valence-electron chi connectivity index (χ0n) is 18.8. The van der Waals surface area contributed by atoms with Gasteiger partial charge in [-0.1, -0.05) is 11.2 Å². The van der Waals surface area contributed by atoms with Crippen molar-refractivity contribution in [1.29, 1.82) is 0 Å². The second kappa shape index (κ2) is 9.78. The van der Waals surface area contributed by atoms with E-state index in [0.717, 1.165) is 11.1 Å². The molecule has 0 spiro atoms. The number of hydrogen-bond acceptors (Lipinski definition) is 8. The Morgan fingerprint density at radius 1 is 1.20 bits per heavy atom. The molecule has 0 aliphatic rings. The van der Waals surface area contributed by atoms with Crippen LogP contribution >= 0.6 is 0 Å². The molecule has 0 aliphatic heterocycles. The molecule has 2 N–H and O–H groups in total. The van der Waals surface area contributed by atoms with Crippen LogP contribution in [-0.4, -0.2) is 43.5 Å². The third kappa shape index (κ3) is 5.20. The number of carbonyl (C=O) groups is 1. The normalized spacial score (nSPS) is 11.1. The lowest BCUT2D eigenvalue weighted by molar-refractivity contribution is -0.115. The zero-order chi connectivity index (χ0) is 25.0. The number of anilines is 1. The number of benzene rings is 2. The van der Waals surface area contributed by atoms with Crippen LogP contribution in [0.25, 0.3) is 11.0 Å². The van der Waals surface area contributed by atoms with Crippen LogP contribution in [0.4, 0.5) is 5.82 Å². The molecule has 0 bridgehead atoms. The second-order valence-electron chi connectivity index (χ2n) is 7.36. The Balaban J connectivity index is 1.58. The van der Waals surface area contributed by atoms with E-state index in [-0.39, 0.29) is 17.3 Å². The summed E-state index contributed by atoms with van der Waals surface area (Å²) < 4.78 is 45.9. The molecule has 2 aromatic carbocycles. The van der Waals surface area contributed by atoms with Gasteiger partial charge in [-0.15, -0.1) is 6.42 Å². The summed E-state index contributed by atoms with van der Waals surface area (Å²) in [5.74, 6) is 2.25. The summed E-state index contributed by atoms with van der Waals surface area (Å²) in [4.78, 5) is 11.2. The number of methoxy groups -OCH3 is 2. The smallest absolute Gasteiger partial charge is 0.295 e. The first kappa shape index (κ1) is 23.7. The number of rotatable bonds is 9. The molecular weight excluding hydrogens is 474 g/mol. The number of carbonyl (C=O) groups excluding carboxylic acids is 1. The summed E-state index contributed by atoms with van der Waals surface area (Å²) in [6.07, 6.45) is 8.42. The van der Waals surface area contributed by atoms with Gasteiger partial charge < -0.3 is 19.3 Å². The minimum Gasteiger partial charge on any atom is -0.497 e. The molecule has 2 aromatic heterocycles. The van der Waals surface area contributed by atoms with Gasteiger partial charge in [-0.2, -0.15) is 5.10 Å². The zero-order valence-corrected chi connectivity index (χ0v) is 19.6. The van der Waals surface area contributed by atoms with Gasteiger partial charge in [0.15, 0.2) is 11.4 Å². The average Bonchev–Trinajstić information content (AvgIpc) is 3.48. The highest BCUT2D eigenvalue weighted by Crippen LogP contribution is 2.35. The molecule has 35 heavy (non-hydrogen) atoms. The second-order valence-corrected chi connectivity index (χ2v) is 9.04. The fourth-order valence-electron chi connectivity index (χ4n) is 3.37. The van der Waals surface area contributed by atoms with Gasteiger partial charge >= 0.3 is 0 Å². The molecule has 4 rings (SSSR count). The van der Waals surface area contributed by atoms with Gasteiger partial charge in [0.05, 0.1) is 31.9 Å². The number of terminal acetylenes is 1. The fraction of sp³-hybridized carbons (Fsp3) is 0.174. The Bertz CT molecular complexity index is 1530. The summed E-state index contributed by atoms with van der Waals surface area (Å²) in [5.41, 5.74) is 1.88. The van der Waals surface area contributed by atoms with Gasteiger partial charge in [-0.05, 0) is 35.7 Å². The van der Waals surface area contributed by atoms with Crippen molar-refractivity contribution in [1.82, 2.24) is 20.3 Å². The van der Waals surface area contributed by atoms with Crippen LogP contribution in [0.3, 0.4) is 0 Å². The number of fused-ring (bicyclic) bond motifs is 1. The van der Waals surface area contributed by atoms with Gasteiger partial charge in [-0.25, -0.2) is 8.42 Å². The third-order valence-electron chi connectivity index (χ3n) is 5.02. The molecule has 0 unspecified atom stereocenters. The number of ether oxygens (including phenoxy) is 2. The van der Waals surface area contributed by atoms with Gasteiger partial charge in [0.1, 0.15) is 16.9 Å². The Kier molecular flexibility index (Phi) is 6.61. The first-order valence-corrected chi connectivity index (χ1v) is 11.7. The summed E-state index contributed by atoms with van der Waals surface area (Å²) >= 11 is 0. The van der Waals surface area contributed by atoms with Crippen molar-refractivity contribution in [2.75, 3.05) is 18.9 Å². The lowest BCUT2D eigenvalue weighted by atomic mass is 10.1. The maximum atomic E-state index is 12.9. The molecule has 12 heteroatoms. The largest absolute Gasteiger partial charge is 0.497 e. The predicted octanol–water partition coefficient (Wildman–Crippen LogP) is 2.14. The van der Waals surface area contributed by atoms with E-state index in [0.29, 0.717) is 29.0 Å². The van der Waals surface area contributed by atoms with Crippen molar-refractivity contribution < 1.29 is 27.2 Å². The van der Waals surface area contributed by atoms with Gasteiger partial charge in [0.25, 0.3) is 15.9 Å². The molecule has 0 saturated heterocycles. The van der Waals surface area contributed by atoms with Crippen LogP contribution in [-0.2, 0) is 27.9 Å². The van der Waals surface area contributed by atoms with E-state index in [1.165, 1.54) is 26.4 Å². The Hall–Kier alpha value is -4.50. The lowest BCUT2D eigenvalue weighted by Crippen LogP contribution is -2.20. The molecule has 2 heterocycles. The van der Waals surface area contributed by atoms with Gasteiger partial charge in [-0.3, -0.25) is 14.2 Å². The Morgan fingerprint density at radius 2 is 2.03 bits per heavy atom. The predicted molar refractivity (Wildman–Crippen MR) is 126 cm³/mol. The summed E-state index contributed by atoms with van der Waals surface area (Å²) in [6, 6.07) is 9.52. The Labute approximate surface area is 201 Å². The maximum absolute atomic E-state index is 12.9. The van der Waals surface area contributed by atoms with Crippen LogP contribution in [0, 0.1) is 12.3 Å². The van der Waals surface area contributed by atoms with Gasteiger partial charge in [0.2, 0.25) is 0 Å². The third-order valence-corrected chi connectivity index (χ3v) is 6.35. The van der Waals surface area contributed by atoms with Crippen LogP contribution in [0.1, 0.15) is 11.1 Å². The molecule has 180 valence electrons. The molecule has 11 nitrogen and oxygen atoms in total. The highest BCUT2D eigenvalue weighted by Gasteiger charge is 2.22. The van der Waals surface area contributed by atoms with Crippen molar-refractivity contribution in [2.45, 2.75) is 18.0 Å².